The Balaban J connectivity index is 2.87. The number of hydrogen-bond acceptors (Lipinski definition) is 2. The molecule has 0 bridgehead atoms. The number of nitrogens with zero attached hydrogens (tertiary/aromatic N) is 1. The summed E-state index contributed by atoms with van der Waals surface area (Å²) < 4.78 is 15.1. The summed E-state index contributed by atoms with van der Waals surface area (Å²) in [5.74, 6) is 0.800. The quantitative estimate of drug-likeness (QED) is 0.482. The van der Waals surface area contributed by atoms with Crippen LogP contribution in [-0.2, 0) is 9.73 Å². The Kier molecular flexibility index (Phi) is 1.31. The first-order valence-electron chi connectivity index (χ1n) is 2.79. The van der Waals surface area contributed by atoms with E-state index in [2.05, 4.69) is 4.36 Å². The second kappa shape index (κ2) is 1.72. The molecule has 1 aliphatic heterocycles. The molecule has 0 saturated carbocycles. The molecule has 0 aliphatic carbocycles. The molecule has 0 spiro atoms. The van der Waals surface area contributed by atoms with E-state index in [0.717, 1.165) is 12.2 Å². The van der Waals surface area contributed by atoms with Crippen molar-refractivity contribution < 1.29 is 4.21 Å². The van der Waals surface area contributed by atoms with E-state index in [1.54, 1.807) is 6.26 Å². The summed E-state index contributed by atoms with van der Waals surface area (Å²) in [6, 6.07) is 0.340. The minimum Gasteiger partial charge on any atom is -0.250 e. The van der Waals surface area contributed by atoms with Crippen molar-refractivity contribution in [2.24, 2.45) is 4.36 Å². The highest BCUT2D eigenvalue weighted by Gasteiger charge is 2.13. The molecule has 2 nitrogen and oxygen atoms in total. The molecule has 0 saturated heterocycles. The van der Waals surface area contributed by atoms with Crippen molar-refractivity contribution in [3.05, 3.63) is 0 Å². The van der Waals surface area contributed by atoms with Gasteiger partial charge in [0.15, 0.2) is 0 Å². The second-order valence-electron chi connectivity index (χ2n) is 2.41. The van der Waals surface area contributed by atoms with Crippen LogP contribution in [0.15, 0.2) is 4.36 Å². The first-order chi connectivity index (χ1) is 3.60. The lowest BCUT2D eigenvalue weighted by Gasteiger charge is -1.87. The summed E-state index contributed by atoms with van der Waals surface area (Å²) in [6.45, 7) is 2.01. The van der Waals surface area contributed by atoms with Crippen molar-refractivity contribution in [2.75, 3.05) is 12.0 Å². The van der Waals surface area contributed by atoms with E-state index in [1.165, 1.54) is 0 Å². The van der Waals surface area contributed by atoms with Crippen LogP contribution in [0.5, 0.6) is 0 Å². The molecule has 1 heterocycles. The van der Waals surface area contributed by atoms with E-state index in [-0.39, 0.29) is 0 Å². The molecule has 0 aromatic rings. The summed E-state index contributed by atoms with van der Waals surface area (Å²) in [5.41, 5.74) is 0. The SMILES string of the molecule is C[C@H]1CCS(C)(=O)=N1. The average molecular weight is 133 g/mol. The van der Waals surface area contributed by atoms with Crippen LogP contribution >= 0.6 is 0 Å². The molecule has 0 aromatic carbocycles. The number of hydrogen-bond donors (Lipinski definition) is 0. The number of rotatable bonds is 0. The van der Waals surface area contributed by atoms with E-state index in [9.17, 15) is 4.21 Å². The lowest BCUT2D eigenvalue weighted by atomic mass is 10.3. The van der Waals surface area contributed by atoms with E-state index in [4.69, 9.17) is 0 Å². The first-order valence-corrected chi connectivity index (χ1v) is 4.88. The summed E-state index contributed by atoms with van der Waals surface area (Å²) in [7, 11) is -1.72. The van der Waals surface area contributed by atoms with Gasteiger partial charge in [-0.3, -0.25) is 4.21 Å². The fraction of sp³-hybridized carbons (Fsp3) is 1.00. The summed E-state index contributed by atoms with van der Waals surface area (Å²) >= 11 is 0. The Morgan fingerprint density at radius 3 is 2.50 bits per heavy atom. The molecular weight excluding hydrogens is 122 g/mol. The standard InChI is InChI=1S/C5H11NOS/c1-5-3-4-8(2,7)6-5/h5H,3-4H2,1-2H3/t5-,8?/m0/s1. The second-order valence-corrected chi connectivity index (χ2v) is 4.94. The van der Waals surface area contributed by atoms with Crippen molar-refractivity contribution in [3.63, 3.8) is 0 Å². The minimum atomic E-state index is -1.72. The van der Waals surface area contributed by atoms with Crippen molar-refractivity contribution in [1.82, 2.24) is 0 Å². The fourth-order valence-corrected chi connectivity index (χ4v) is 2.63. The molecule has 0 N–H and O–H groups in total. The van der Waals surface area contributed by atoms with Gasteiger partial charge in [0.05, 0.1) is 6.04 Å². The van der Waals surface area contributed by atoms with Crippen LogP contribution in [0.1, 0.15) is 13.3 Å². The van der Waals surface area contributed by atoms with E-state index in [1.807, 2.05) is 6.92 Å². The molecular formula is C5H11NOS. The molecule has 3 heteroatoms. The Morgan fingerprint density at radius 1 is 1.75 bits per heavy atom. The van der Waals surface area contributed by atoms with Gasteiger partial charge in [-0.25, -0.2) is 4.36 Å². The van der Waals surface area contributed by atoms with Crippen LogP contribution in [0, 0.1) is 0 Å². The molecule has 8 heavy (non-hydrogen) atoms. The van der Waals surface area contributed by atoms with Crippen LogP contribution in [0.4, 0.5) is 0 Å². The van der Waals surface area contributed by atoms with Crippen molar-refractivity contribution >= 4 is 9.73 Å². The lowest BCUT2D eigenvalue weighted by Crippen LogP contribution is -1.94. The zero-order valence-electron chi connectivity index (χ0n) is 5.26. The van der Waals surface area contributed by atoms with Gasteiger partial charge in [0.2, 0.25) is 0 Å². The fourth-order valence-electron chi connectivity index (χ4n) is 0.875. The van der Waals surface area contributed by atoms with Gasteiger partial charge in [-0.05, 0) is 13.3 Å². The molecule has 0 radical (unpaired) electrons. The summed E-state index contributed by atoms with van der Waals surface area (Å²) in [4.78, 5) is 0. The van der Waals surface area contributed by atoms with Crippen molar-refractivity contribution in [3.8, 4) is 0 Å². The third-order valence-corrected chi connectivity index (χ3v) is 3.12. The maximum absolute atomic E-state index is 11.0. The Hall–Kier alpha value is -0.0500. The first kappa shape index (κ1) is 6.08. The molecule has 1 aliphatic rings. The van der Waals surface area contributed by atoms with Crippen LogP contribution in [-0.4, -0.2) is 22.3 Å². The topological polar surface area (TPSA) is 29.4 Å². The summed E-state index contributed by atoms with van der Waals surface area (Å²) in [6.07, 6.45) is 2.74. The van der Waals surface area contributed by atoms with Gasteiger partial charge < -0.3 is 0 Å². The highest BCUT2D eigenvalue weighted by atomic mass is 32.2. The average Bonchev–Trinajstić information content (AvgIpc) is 1.82. The third kappa shape index (κ3) is 1.22. The lowest BCUT2D eigenvalue weighted by molar-refractivity contribution is 0.682. The van der Waals surface area contributed by atoms with Gasteiger partial charge in [0.1, 0.15) is 0 Å². The third-order valence-electron chi connectivity index (χ3n) is 1.32. The molecule has 2 atom stereocenters. The van der Waals surface area contributed by atoms with Gasteiger partial charge in [0, 0.05) is 21.7 Å². The molecule has 1 rings (SSSR count). The van der Waals surface area contributed by atoms with Gasteiger partial charge >= 0.3 is 0 Å². The highest BCUT2D eigenvalue weighted by Crippen LogP contribution is 2.11. The smallest absolute Gasteiger partial charge is 0.0575 e. The van der Waals surface area contributed by atoms with Gasteiger partial charge in [-0.1, -0.05) is 0 Å². The maximum Gasteiger partial charge on any atom is 0.0575 e. The summed E-state index contributed by atoms with van der Waals surface area (Å²) in [5, 5.41) is 0. The van der Waals surface area contributed by atoms with Gasteiger partial charge in [0.25, 0.3) is 0 Å². The minimum absolute atomic E-state index is 0.340. The molecule has 0 amide bonds. The van der Waals surface area contributed by atoms with Gasteiger partial charge in [-0.2, -0.15) is 0 Å². The largest absolute Gasteiger partial charge is 0.250 e. The normalized spacial score (nSPS) is 46.5. The van der Waals surface area contributed by atoms with Crippen LogP contribution in [0.2, 0.25) is 0 Å². The Morgan fingerprint density at radius 2 is 2.38 bits per heavy atom. The molecule has 48 valence electrons. The molecule has 0 fully saturated rings. The predicted molar refractivity (Wildman–Crippen MR) is 35.4 cm³/mol. The molecule has 0 aromatic heterocycles. The van der Waals surface area contributed by atoms with Crippen LogP contribution in [0.25, 0.3) is 0 Å². The van der Waals surface area contributed by atoms with E-state index in [0.29, 0.717) is 6.04 Å². The van der Waals surface area contributed by atoms with E-state index < -0.39 is 9.73 Å². The van der Waals surface area contributed by atoms with Crippen LogP contribution in [0.3, 0.4) is 0 Å². The predicted octanol–water partition coefficient (Wildman–Crippen LogP) is 0.876. The highest BCUT2D eigenvalue weighted by molar-refractivity contribution is 7.93. The zero-order valence-corrected chi connectivity index (χ0v) is 6.07. The zero-order chi connectivity index (χ0) is 6.20. The van der Waals surface area contributed by atoms with Gasteiger partial charge in [-0.15, -0.1) is 0 Å². The van der Waals surface area contributed by atoms with Crippen LogP contribution < -0.4 is 0 Å². The Labute approximate surface area is 50.5 Å². The van der Waals surface area contributed by atoms with Crippen molar-refractivity contribution in [1.29, 1.82) is 0 Å². The van der Waals surface area contributed by atoms with E-state index >= 15 is 0 Å². The maximum atomic E-state index is 11.0. The molecule has 1 unspecified atom stereocenters. The van der Waals surface area contributed by atoms with Crippen molar-refractivity contribution in [2.45, 2.75) is 19.4 Å². The monoisotopic (exact) mass is 133 g/mol. The Bertz CT molecular complexity index is 191.